The van der Waals surface area contributed by atoms with Gasteiger partial charge in [0.25, 0.3) is 0 Å². The lowest BCUT2D eigenvalue weighted by Gasteiger charge is -2.33. The van der Waals surface area contributed by atoms with E-state index in [1.165, 1.54) is 19.3 Å². The maximum atomic E-state index is 11.7. The summed E-state index contributed by atoms with van der Waals surface area (Å²) in [5.74, 6) is 1.21. The molecule has 0 bridgehead atoms. The van der Waals surface area contributed by atoms with Crippen molar-refractivity contribution in [2.24, 2.45) is 11.8 Å². The Bertz CT molecular complexity index is 502. The molecular formula is C17H26N2O2. The predicted molar refractivity (Wildman–Crippen MR) is 86.4 cm³/mol. The van der Waals surface area contributed by atoms with E-state index in [0.29, 0.717) is 23.9 Å². The minimum absolute atomic E-state index is 0.323. The molecule has 3 unspecified atom stereocenters. The number of ether oxygens (including phenoxy) is 1. The van der Waals surface area contributed by atoms with Crippen LogP contribution in [0, 0.1) is 11.8 Å². The average molecular weight is 290 g/mol. The number of nitrogens with one attached hydrogen (secondary N) is 1. The molecule has 116 valence electrons. The molecule has 1 aromatic carbocycles. The van der Waals surface area contributed by atoms with Gasteiger partial charge in [-0.05, 0) is 56.2 Å². The van der Waals surface area contributed by atoms with Gasteiger partial charge in [0.15, 0.2) is 0 Å². The van der Waals surface area contributed by atoms with Crippen LogP contribution >= 0.6 is 0 Å². The summed E-state index contributed by atoms with van der Waals surface area (Å²) in [6, 6.07) is 5.80. The fourth-order valence-corrected chi connectivity index (χ4v) is 2.93. The van der Waals surface area contributed by atoms with Crippen LogP contribution < -0.4 is 11.1 Å². The highest BCUT2D eigenvalue weighted by Crippen LogP contribution is 2.32. The summed E-state index contributed by atoms with van der Waals surface area (Å²) in [5, 5.41) is 3.52. The van der Waals surface area contributed by atoms with Crippen LogP contribution in [0.1, 0.15) is 50.4 Å². The van der Waals surface area contributed by atoms with Crippen molar-refractivity contribution >= 4 is 17.3 Å². The molecule has 0 radical (unpaired) electrons. The van der Waals surface area contributed by atoms with Crippen molar-refractivity contribution in [2.45, 2.75) is 46.1 Å². The molecule has 0 saturated heterocycles. The monoisotopic (exact) mass is 290 g/mol. The summed E-state index contributed by atoms with van der Waals surface area (Å²) in [4.78, 5) is 11.7. The van der Waals surface area contributed by atoms with Gasteiger partial charge >= 0.3 is 5.97 Å². The van der Waals surface area contributed by atoms with E-state index in [2.05, 4.69) is 19.2 Å². The summed E-state index contributed by atoms with van der Waals surface area (Å²) in [7, 11) is 0. The standard InChI is InChI=1S/C17H26N2O2/c1-4-21-17(20)13-6-8-16(15(18)10-13)19-14-7-5-11(2)12(3)9-14/h6,8,10-12,14,19H,4-5,7,9,18H2,1-3H3. The number of anilines is 2. The summed E-state index contributed by atoms with van der Waals surface area (Å²) < 4.78 is 4.98. The molecule has 0 aromatic heterocycles. The van der Waals surface area contributed by atoms with E-state index in [1.807, 2.05) is 6.07 Å². The number of benzene rings is 1. The number of rotatable bonds is 4. The van der Waals surface area contributed by atoms with Gasteiger partial charge in [-0.15, -0.1) is 0 Å². The minimum Gasteiger partial charge on any atom is -0.462 e. The number of hydrogen-bond acceptors (Lipinski definition) is 4. The SMILES string of the molecule is CCOC(=O)c1ccc(NC2CCC(C)C(C)C2)c(N)c1. The maximum absolute atomic E-state index is 11.7. The van der Waals surface area contributed by atoms with Crippen molar-refractivity contribution in [1.29, 1.82) is 0 Å². The third kappa shape index (κ3) is 3.90. The molecule has 21 heavy (non-hydrogen) atoms. The minimum atomic E-state index is -0.323. The molecule has 3 N–H and O–H groups in total. The fraction of sp³-hybridized carbons (Fsp3) is 0.588. The number of hydrogen-bond donors (Lipinski definition) is 2. The molecule has 4 heteroatoms. The van der Waals surface area contributed by atoms with Crippen molar-refractivity contribution in [1.82, 2.24) is 0 Å². The average Bonchev–Trinajstić information content (AvgIpc) is 2.45. The van der Waals surface area contributed by atoms with Crippen molar-refractivity contribution in [3.8, 4) is 0 Å². The Morgan fingerprint density at radius 1 is 1.33 bits per heavy atom. The van der Waals surface area contributed by atoms with Crippen molar-refractivity contribution in [2.75, 3.05) is 17.7 Å². The number of nitrogen functional groups attached to an aromatic ring is 1. The van der Waals surface area contributed by atoms with Crippen molar-refractivity contribution in [3.05, 3.63) is 23.8 Å². The topological polar surface area (TPSA) is 64.3 Å². The van der Waals surface area contributed by atoms with E-state index in [9.17, 15) is 4.79 Å². The second-order valence-corrected chi connectivity index (χ2v) is 6.13. The Morgan fingerprint density at radius 2 is 2.10 bits per heavy atom. The van der Waals surface area contributed by atoms with E-state index in [0.717, 1.165) is 17.5 Å². The third-order valence-electron chi connectivity index (χ3n) is 4.52. The van der Waals surface area contributed by atoms with Crippen LogP contribution in [0.3, 0.4) is 0 Å². The molecule has 0 amide bonds. The van der Waals surface area contributed by atoms with Gasteiger partial charge in [0, 0.05) is 6.04 Å². The molecule has 4 nitrogen and oxygen atoms in total. The first-order valence-corrected chi connectivity index (χ1v) is 7.84. The molecule has 1 fully saturated rings. The van der Waals surface area contributed by atoms with E-state index >= 15 is 0 Å². The van der Waals surface area contributed by atoms with E-state index in [1.54, 1.807) is 19.1 Å². The Hall–Kier alpha value is -1.71. The van der Waals surface area contributed by atoms with Crippen molar-refractivity contribution < 1.29 is 9.53 Å². The van der Waals surface area contributed by atoms with E-state index in [-0.39, 0.29) is 5.97 Å². The van der Waals surface area contributed by atoms with Gasteiger partial charge in [-0.2, -0.15) is 0 Å². The van der Waals surface area contributed by atoms with Crippen LogP contribution in [-0.4, -0.2) is 18.6 Å². The number of carbonyl (C=O) groups is 1. The molecule has 1 aliphatic rings. The highest BCUT2D eigenvalue weighted by atomic mass is 16.5. The second-order valence-electron chi connectivity index (χ2n) is 6.13. The second kappa shape index (κ2) is 6.83. The number of esters is 1. The zero-order valence-corrected chi connectivity index (χ0v) is 13.2. The molecule has 0 spiro atoms. The third-order valence-corrected chi connectivity index (χ3v) is 4.52. The van der Waals surface area contributed by atoms with Gasteiger partial charge in [-0.1, -0.05) is 13.8 Å². The summed E-state index contributed by atoms with van der Waals surface area (Å²) in [6.07, 6.45) is 3.59. The largest absolute Gasteiger partial charge is 0.462 e. The maximum Gasteiger partial charge on any atom is 0.338 e. The van der Waals surface area contributed by atoms with E-state index < -0.39 is 0 Å². The van der Waals surface area contributed by atoms with Crippen LogP contribution in [-0.2, 0) is 4.74 Å². The van der Waals surface area contributed by atoms with Gasteiger partial charge in [0.05, 0.1) is 23.5 Å². The first-order valence-electron chi connectivity index (χ1n) is 7.84. The van der Waals surface area contributed by atoms with Crippen LogP contribution in [0.25, 0.3) is 0 Å². The molecule has 2 rings (SSSR count). The van der Waals surface area contributed by atoms with Gasteiger partial charge < -0.3 is 15.8 Å². The molecule has 0 aliphatic heterocycles. The molecule has 1 saturated carbocycles. The Balaban J connectivity index is 2.03. The van der Waals surface area contributed by atoms with Crippen molar-refractivity contribution in [3.63, 3.8) is 0 Å². The summed E-state index contributed by atoms with van der Waals surface area (Å²) in [5.41, 5.74) is 8.08. The fourth-order valence-electron chi connectivity index (χ4n) is 2.93. The molecule has 1 aliphatic carbocycles. The molecular weight excluding hydrogens is 264 g/mol. The zero-order chi connectivity index (χ0) is 15.4. The van der Waals surface area contributed by atoms with E-state index in [4.69, 9.17) is 10.5 Å². The number of carbonyl (C=O) groups excluding carboxylic acids is 1. The number of nitrogens with two attached hydrogens (primary N) is 1. The van der Waals surface area contributed by atoms with Crippen LogP contribution in [0.5, 0.6) is 0 Å². The Morgan fingerprint density at radius 3 is 2.71 bits per heavy atom. The lowest BCUT2D eigenvalue weighted by Crippen LogP contribution is -2.30. The molecule has 1 aromatic rings. The van der Waals surface area contributed by atoms with Gasteiger partial charge in [-0.3, -0.25) is 0 Å². The van der Waals surface area contributed by atoms with Gasteiger partial charge in [-0.25, -0.2) is 4.79 Å². The normalized spacial score (nSPS) is 25.4. The van der Waals surface area contributed by atoms with Crippen LogP contribution in [0.2, 0.25) is 0 Å². The lowest BCUT2D eigenvalue weighted by atomic mass is 9.79. The smallest absolute Gasteiger partial charge is 0.338 e. The zero-order valence-electron chi connectivity index (χ0n) is 13.2. The Kier molecular flexibility index (Phi) is 5.10. The summed E-state index contributed by atoms with van der Waals surface area (Å²) >= 11 is 0. The van der Waals surface area contributed by atoms with Crippen LogP contribution in [0.4, 0.5) is 11.4 Å². The quantitative estimate of drug-likeness (QED) is 0.656. The van der Waals surface area contributed by atoms with Crippen LogP contribution in [0.15, 0.2) is 18.2 Å². The summed E-state index contributed by atoms with van der Waals surface area (Å²) in [6.45, 7) is 6.80. The lowest BCUT2D eigenvalue weighted by molar-refractivity contribution is 0.0526. The highest BCUT2D eigenvalue weighted by Gasteiger charge is 2.24. The Labute approximate surface area is 127 Å². The van der Waals surface area contributed by atoms with Gasteiger partial charge in [0.2, 0.25) is 0 Å². The predicted octanol–water partition coefficient (Wildman–Crippen LogP) is 3.68. The first-order chi connectivity index (χ1) is 10.0. The van der Waals surface area contributed by atoms with Gasteiger partial charge in [0.1, 0.15) is 0 Å². The first kappa shape index (κ1) is 15.7. The highest BCUT2D eigenvalue weighted by molar-refractivity contribution is 5.91. The molecule has 0 heterocycles. The molecule has 3 atom stereocenters.